The average Bonchev–Trinajstić information content (AvgIpc) is 3.09. The molecule has 1 N–H and O–H groups in total. The van der Waals surface area contributed by atoms with E-state index >= 15 is 0 Å². The Morgan fingerprint density at radius 2 is 1.79 bits per heavy atom. The number of ketones is 1. The van der Waals surface area contributed by atoms with Gasteiger partial charge in [0.2, 0.25) is 0 Å². The van der Waals surface area contributed by atoms with Crippen LogP contribution in [0.2, 0.25) is 0 Å². The first-order valence-electron chi connectivity index (χ1n) is 8.89. The third-order valence-electron chi connectivity index (χ3n) is 5.00. The summed E-state index contributed by atoms with van der Waals surface area (Å²) in [6.45, 7) is 3.57. The third-order valence-corrected chi connectivity index (χ3v) is 5.00. The Balaban J connectivity index is 1.37. The zero-order valence-corrected chi connectivity index (χ0v) is 14.0. The molecule has 0 bridgehead atoms. The fourth-order valence-electron chi connectivity index (χ4n) is 3.61. The van der Waals surface area contributed by atoms with Gasteiger partial charge < -0.3 is 4.90 Å². The normalized spacial score (nSPS) is 20.2. The van der Waals surface area contributed by atoms with Gasteiger partial charge in [-0.2, -0.15) is 0 Å². The van der Waals surface area contributed by atoms with Crippen LogP contribution in [0.5, 0.6) is 0 Å². The van der Waals surface area contributed by atoms with Gasteiger partial charge in [-0.25, -0.2) is 4.39 Å². The Morgan fingerprint density at radius 3 is 2.54 bits per heavy atom. The zero-order valence-electron chi connectivity index (χ0n) is 14.0. The number of rotatable bonds is 7. The first-order valence-corrected chi connectivity index (χ1v) is 8.89. The van der Waals surface area contributed by atoms with Crippen LogP contribution in [0.25, 0.3) is 0 Å². The monoisotopic (exact) mass is 326 g/mol. The maximum atomic E-state index is 12.9. The van der Waals surface area contributed by atoms with Crippen molar-refractivity contribution in [3.8, 4) is 0 Å². The van der Waals surface area contributed by atoms with Gasteiger partial charge in [-0.15, -0.1) is 0 Å². The van der Waals surface area contributed by atoms with E-state index in [1.54, 1.807) is 17.0 Å². The lowest BCUT2D eigenvalue weighted by Crippen LogP contribution is -3.10. The summed E-state index contributed by atoms with van der Waals surface area (Å²) in [6, 6.07) is 16.6. The third kappa shape index (κ3) is 4.51. The molecule has 1 fully saturated rings. The number of quaternary nitrogens is 1. The number of halogens is 1. The van der Waals surface area contributed by atoms with E-state index in [4.69, 9.17) is 0 Å². The minimum atomic E-state index is -0.294. The first-order chi connectivity index (χ1) is 11.7. The second-order valence-corrected chi connectivity index (χ2v) is 6.74. The smallest absolute Gasteiger partial charge is 0.162 e. The van der Waals surface area contributed by atoms with Crippen LogP contribution in [0.1, 0.15) is 47.5 Å². The van der Waals surface area contributed by atoms with Crippen LogP contribution < -0.4 is 4.90 Å². The molecule has 2 aromatic rings. The number of likely N-dealkylation sites (tertiary alicyclic amines) is 1. The molecule has 2 nitrogen and oxygen atoms in total. The van der Waals surface area contributed by atoms with E-state index in [1.165, 1.54) is 37.2 Å². The number of unbranched alkanes of at least 4 members (excludes halogenated alkanes) is 1. The summed E-state index contributed by atoms with van der Waals surface area (Å²) in [5.41, 5.74) is 2.08. The molecule has 1 unspecified atom stereocenters. The van der Waals surface area contributed by atoms with E-state index in [0.29, 0.717) is 17.9 Å². The minimum absolute atomic E-state index is 0.119. The molecule has 1 aliphatic heterocycles. The van der Waals surface area contributed by atoms with E-state index in [0.717, 1.165) is 19.4 Å². The van der Waals surface area contributed by atoms with Crippen LogP contribution in [0.4, 0.5) is 4.39 Å². The molecule has 0 saturated carbocycles. The molecule has 126 valence electrons. The summed E-state index contributed by atoms with van der Waals surface area (Å²) >= 11 is 0. The summed E-state index contributed by atoms with van der Waals surface area (Å²) in [6.07, 6.45) is 3.80. The van der Waals surface area contributed by atoms with E-state index in [1.807, 2.05) is 0 Å². The summed E-state index contributed by atoms with van der Waals surface area (Å²) < 4.78 is 12.9. The van der Waals surface area contributed by atoms with Gasteiger partial charge in [0.05, 0.1) is 19.6 Å². The maximum Gasteiger partial charge on any atom is 0.162 e. The highest BCUT2D eigenvalue weighted by atomic mass is 19.1. The van der Waals surface area contributed by atoms with Gasteiger partial charge in [0, 0.05) is 24.3 Å². The number of carbonyl (C=O) groups is 1. The van der Waals surface area contributed by atoms with Crippen LogP contribution in [0, 0.1) is 5.82 Å². The van der Waals surface area contributed by atoms with Gasteiger partial charge in [-0.05, 0) is 42.7 Å². The van der Waals surface area contributed by atoms with Crippen LogP contribution in [-0.4, -0.2) is 25.4 Å². The summed E-state index contributed by atoms with van der Waals surface area (Å²) in [7, 11) is 0. The predicted octanol–water partition coefficient (Wildman–Crippen LogP) is 3.25. The molecule has 0 aliphatic carbocycles. The summed E-state index contributed by atoms with van der Waals surface area (Å²) in [5, 5.41) is 0. The van der Waals surface area contributed by atoms with Gasteiger partial charge in [0.15, 0.2) is 5.78 Å². The second-order valence-electron chi connectivity index (χ2n) is 6.74. The first kappa shape index (κ1) is 16.8. The highest BCUT2D eigenvalue weighted by Crippen LogP contribution is 2.19. The van der Waals surface area contributed by atoms with Crippen molar-refractivity contribution >= 4 is 5.78 Å². The van der Waals surface area contributed by atoms with E-state index < -0.39 is 0 Å². The summed E-state index contributed by atoms with van der Waals surface area (Å²) in [4.78, 5) is 13.7. The van der Waals surface area contributed by atoms with Crippen LogP contribution >= 0.6 is 0 Å². The van der Waals surface area contributed by atoms with Crippen molar-refractivity contribution in [1.29, 1.82) is 0 Å². The van der Waals surface area contributed by atoms with E-state index in [-0.39, 0.29) is 11.6 Å². The molecule has 0 radical (unpaired) electrons. The fourth-order valence-corrected chi connectivity index (χ4v) is 3.61. The standard InChI is InChI=1S/C21H24FNO/c22-20-11-9-18(10-12-20)21(24)8-4-5-14-23-15-13-19(16-23)17-6-2-1-3-7-17/h1-3,6-7,9-12,19H,4-5,8,13-16H2/p+1/t19-/m0/s1. The van der Waals surface area contributed by atoms with Crippen molar-refractivity contribution < 1.29 is 14.1 Å². The van der Waals surface area contributed by atoms with Gasteiger partial charge >= 0.3 is 0 Å². The lowest BCUT2D eigenvalue weighted by Gasteiger charge is -2.13. The van der Waals surface area contributed by atoms with Gasteiger partial charge in [0.1, 0.15) is 5.82 Å². The molecule has 2 atom stereocenters. The average molecular weight is 326 g/mol. The number of nitrogens with one attached hydrogen (secondary N) is 1. The molecule has 0 aromatic heterocycles. The molecule has 24 heavy (non-hydrogen) atoms. The van der Waals surface area contributed by atoms with Crippen molar-refractivity contribution in [2.75, 3.05) is 19.6 Å². The summed E-state index contributed by atoms with van der Waals surface area (Å²) in [5.74, 6) is 0.507. The van der Waals surface area contributed by atoms with Gasteiger partial charge in [0.25, 0.3) is 0 Å². The molecule has 0 spiro atoms. The highest BCUT2D eigenvalue weighted by molar-refractivity contribution is 5.95. The SMILES string of the molecule is O=C(CCCC[NH+]1CC[C@H](c2ccccc2)C1)c1ccc(F)cc1. The molecule has 3 heteroatoms. The highest BCUT2D eigenvalue weighted by Gasteiger charge is 2.26. The molecule has 1 aliphatic rings. The number of hydrogen-bond donors (Lipinski definition) is 1. The Hall–Kier alpha value is -2.00. The molecule has 2 aromatic carbocycles. The molecular formula is C21H25FNO+. The van der Waals surface area contributed by atoms with Crippen molar-refractivity contribution in [2.45, 2.75) is 31.6 Å². The Morgan fingerprint density at radius 1 is 1.04 bits per heavy atom. The Labute approximate surface area is 143 Å². The predicted molar refractivity (Wildman–Crippen MR) is 93.9 cm³/mol. The molecule has 3 rings (SSSR count). The van der Waals surface area contributed by atoms with Gasteiger partial charge in [-0.3, -0.25) is 4.79 Å². The Kier molecular flexibility index (Phi) is 5.76. The van der Waals surface area contributed by atoms with Crippen molar-refractivity contribution in [1.82, 2.24) is 0 Å². The van der Waals surface area contributed by atoms with E-state index in [9.17, 15) is 9.18 Å². The lowest BCUT2D eigenvalue weighted by atomic mass is 9.99. The number of Topliss-reactive ketones (excluding diaryl/α,β-unsaturated/α-hetero) is 1. The largest absolute Gasteiger partial charge is 0.334 e. The van der Waals surface area contributed by atoms with Gasteiger partial charge in [-0.1, -0.05) is 30.3 Å². The fraction of sp³-hybridized carbons (Fsp3) is 0.381. The number of carbonyl (C=O) groups excluding carboxylic acids is 1. The molecule has 1 heterocycles. The topological polar surface area (TPSA) is 21.5 Å². The second kappa shape index (κ2) is 8.20. The van der Waals surface area contributed by atoms with Crippen molar-refractivity contribution in [3.63, 3.8) is 0 Å². The quantitative estimate of drug-likeness (QED) is 0.612. The lowest BCUT2D eigenvalue weighted by molar-refractivity contribution is -0.888. The minimum Gasteiger partial charge on any atom is -0.334 e. The van der Waals surface area contributed by atoms with Crippen LogP contribution in [-0.2, 0) is 0 Å². The van der Waals surface area contributed by atoms with Crippen LogP contribution in [0.15, 0.2) is 54.6 Å². The maximum absolute atomic E-state index is 12.9. The molecule has 1 saturated heterocycles. The molecular weight excluding hydrogens is 301 g/mol. The molecule has 0 amide bonds. The number of benzene rings is 2. The number of hydrogen-bond acceptors (Lipinski definition) is 1. The zero-order chi connectivity index (χ0) is 16.8. The van der Waals surface area contributed by atoms with Crippen molar-refractivity contribution in [2.24, 2.45) is 0 Å². The van der Waals surface area contributed by atoms with Crippen molar-refractivity contribution in [3.05, 3.63) is 71.5 Å². The van der Waals surface area contributed by atoms with Crippen LogP contribution in [0.3, 0.4) is 0 Å². The Bertz CT molecular complexity index is 653. The van der Waals surface area contributed by atoms with E-state index in [2.05, 4.69) is 30.3 Å².